The van der Waals surface area contributed by atoms with Crippen LogP contribution in [0.15, 0.2) is 12.3 Å². The first kappa shape index (κ1) is 7.37. The second-order valence-corrected chi connectivity index (χ2v) is 2.25. The van der Waals surface area contributed by atoms with Gasteiger partial charge in [-0.1, -0.05) is 12.2 Å². The van der Waals surface area contributed by atoms with Crippen LogP contribution in [0.2, 0.25) is 0 Å². The fourth-order valence-electron chi connectivity index (χ4n) is 0.621. The standard InChI is InChI=1S/C6H8N2OS/c1-9-4-5-7-3-2-6(10)8-5/h2-3H,4H2,1H3,(H,7,8,10). The Balaban J connectivity index is 2.85. The topological polar surface area (TPSA) is 37.9 Å². The van der Waals surface area contributed by atoms with Crippen LogP contribution in [0.1, 0.15) is 5.82 Å². The minimum absolute atomic E-state index is 0.477. The minimum Gasteiger partial charge on any atom is -0.377 e. The molecule has 1 rings (SSSR count). The van der Waals surface area contributed by atoms with Crippen LogP contribution in [-0.4, -0.2) is 17.1 Å². The molecular weight excluding hydrogens is 148 g/mol. The summed E-state index contributed by atoms with van der Waals surface area (Å²) in [5.74, 6) is 0.759. The van der Waals surface area contributed by atoms with E-state index in [-0.39, 0.29) is 0 Å². The molecule has 54 valence electrons. The van der Waals surface area contributed by atoms with Crippen LogP contribution in [-0.2, 0) is 11.3 Å². The Morgan fingerprint density at radius 1 is 1.80 bits per heavy atom. The van der Waals surface area contributed by atoms with E-state index in [1.807, 2.05) is 0 Å². The maximum absolute atomic E-state index is 4.86. The maximum Gasteiger partial charge on any atom is 0.133 e. The third-order valence-corrected chi connectivity index (χ3v) is 1.24. The lowest BCUT2D eigenvalue weighted by molar-refractivity contribution is 0.177. The van der Waals surface area contributed by atoms with E-state index >= 15 is 0 Å². The van der Waals surface area contributed by atoms with Crippen LogP contribution < -0.4 is 0 Å². The molecule has 0 saturated heterocycles. The van der Waals surface area contributed by atoms with Crippen molar-refractivity contribution in [2.24, 2.45) is 0 Å². The Morgan fingerprint density at radius 3 is 3.20 bits per heavy atom. The van der Waals surface area contributed by atoms with Crippen LogP contribution >= 0.6 is 12.2 Å². The molecule has 1 heterocycles. The normalized spacial score (nSPS) is 9.70. The summed E-state index contributed by atoms with van der Waals surface area (Å²) in [5, 5.41) is 0. The molecule has 0 fully saturated rings. The fraction of sp³-hybridized carbons (Fsp3) is 0.333. The van der Waals surface area contributed by atoms with Crippen molar-refractivity contribution in [2.75, 3.05) is 7.11 Å². The van der Waals surface area contributed by atoms with E-state index in [0.29, 0.717) is 11.2 Å². The second-order valence-electron chi connectivity index (χ2n) is 1.81. The highest BCUT2D eigenvalue weighted by Gasteiger charge is 1.88. The highest BCUT2D eigenvalue weighted by atomic mass is 32.1. The number of hydrogen-bond acceptors (Lipinski definition) is 3. The largest absolute Gasteiger partial charge is 0.377 e. The molecule has 0 radical (unpaired) electrons. The molecule has 1 aromatic rings. The maximum atomic E-state index is 4.86. The lowest BCUT2D eigenvalue weighted by Crippen LogP contribution is -1.94. The van der Waals surface area contributed by atoms with Gasteiger partial charge in [-0.3, -0.25) is 0 Å². The zero-order chi connectivity index (χ0) is 7.40. The third kappa shape index (κ3) is 1.89. The lowest BCUT2D eigenvalue weighted by atomic mass is 10.6. The Morgan fingerprint density at radius 2 is 2.60 bits per heavy atom. The Labute approximate surface area is 64.1 Å². The smallest absolute Gasteiger partial charge is 0.133 e. The zero-order valence-electron chi connectivity index (χ0n) is 5.63. The average Bonchev–Trinajstić information content (AvgIpc) is 1.88. The molecule has 10 heavy (non-hydrogen) atoms. The van der Waals surface area contributed by atoms with Gasteiger partial charge in [0.2, 0.25) is 0 Å². The molecular formula is C6H8N2OS. The van der Waals surface area contributed by atoms with Crippen LogP contribution in [0.3, 0.4) is 0 Å². The summed E-state index contributed by atoms with van der Waals surface area (Å²) >= 11 is 4.86. The molecule has 0 saturated carbocycles. The molecule has 0 bridgehead atoms. The minimum atomic E-state index is 0.477. The number of nitrogens with one attached hydrogen (secondary N) is 1. The number of methoxy groups -OCH3 is 1. The summed E-state index contributed by atoms with van der Waals surface area (Å²) in [6, 6.07) is 1.73. The summed E-state index contributed by atoms with van der Waals surface area (Å²) in [4.78, 5) is 6.87. The summed E-state index contributed by atoms with van der Waals surface area (Å²) in [6.45, 7) is 0.477. The van der Waals surface area contributed by atoms with E-state index in [2.05, 4.69) is 9.97 Å². The molecule has 1 N–H and O–H groups in total. The van der Waals surface area contributed by atoms with Crippen molar-refractivity contribution in [1.29, 1.82) is 0 Å². The third-order valence-electron chi connectivity index (χ3n) is 1.00. The van der Waals surface area contributed by atoms with Crippen molar-refractivity contribution >= 4 is 12.2 Å². The van der Waals surface area contributed by atoms with Crippen molar-refractivity contribution < 1.29 is 4.74 Å². The second kappa shape index (κ2) is 3.43. The summed E-state index contributed by atoms with van der Waals surface area (Å²) in [5.41, 5.74) is 0. The number of hydrogen-bond donors (Lipinski definition) is 1. The van der Waals surface area contributed by atoms with Gasteiger partial charge in [-0.15, -0.1) is 0 Å². The predicted octanol–water partition coefficient (Wildman–Crippen LogP) is 1.29. The Bertz CT molecular complexity index is 258. The molecule has 1 aromatic heterocycles. The van der Waals surface area contributed by atoms with Crippen LogP contribution in [0.4, 0.5) is 0 Å². The number of aromatic amines is 1. The van der Waals surface area contributed by atoms with Crippen LogP contribution in [0, 0.1) is 4.64 Å². The van der Waals surface area contributed by atoms with E-state index in [9.17, 15) is 0 Å². The first-order chi connectivity index (χ1) is 4.83. The molecule has 0 amide bonds. The van der Waals surface area contributed by atoms with Crippen LogP contribution in [0.25, 0.3) is 0 Å². The van der Waals surface area contributed by atoms with Gasteiger partial charge in [0.25, 0.3) is 0 Å². The van der Waals surface area contributed by atoms with Crippen molar-refractivity contribution in [3.8, 4) is 0 Å². The molecule has 4 heteroatoms. The monoisotopic (exact) mass is 156 g/mol. The van der Waals surface area contributed by atoms with Crippen molar-refractivity contribution in [1.82, 2.24) is 9.97 Å². The SMILES string of the molecule is COCc1nccc(=S)[nH]1. The highest BCUT2D eigenvalue weighted by molar-refractivity contribution is 7.71. The molecule has 0 aliphatic carbocycles. The van der Waals surface area contributed by atoms with Gasteiger partial charge in [-0.2, -0.15) is 0 Å². The molecule has 0 aromatic carbocycles. The van der Waals surface area contributed by atoms with Crippen molar-refractivity contribution in [3.63, 3.8) is 0 Å². The summed E-state index contributed by atoms with van der Waals surface area (Å²) in [7, 11) is 1.62. The molecule has 0 unspecified atom stereocenters. The van der Waals surface area contributed by atoms with Gasteiger partial charge >= 0.3 is 0 Å². The summed E-state index contributed by atoms with van der Waals surface area (Å²) < 4.78 is 5.53. The number of rotatable bonds is 2. The lowest BCUT2D eigenvalue weighted by Gasteiger charge is -1.95. The number of H-pyrrole nitrogens is 1. The fourth-order valence-corrected chi connectivity index (χ4v) is 0.800. The first-order valence-corrected chi connectivity index (χ1v) is 3.27. The quantitative estimate of drug-likeness (QED) is 0.655. The average molecular weight is 156 g/mol. The molecule has 0 spiro atoms. The van der Waals surface area contributed by atoms with Crippen LogP contribution in [0.5, 0.6) is 0 Å². The molecule has 0 atom stereocenters. The van der Waals surface area contributed by atoms with E-state index in [1.54, 1.807) is 19.4 Å². The molecule has 0 aliphatic heterocycles. The van der Waals surface area contributed by atoms with Gasteiger partial charge in [-0.05, 0) is 6.07 Å². The van der Waals surface area contributed by atoms with E-state index < -0.39 is 0 Å². The van der Waals surface area contributed by atoms with Gasteiger partial charge in [0, 0.05) is 13.3 Å². The van der Waals surface area contributed by atoms with Gasteiger partial charge in [0.15, 0.2) is 0 Å². The highest BCUT2D eigenvalue weighted by Crippen LogP contribution is 1.90. The number of ether oxygens (including phenoxy) is 1. The summed E-state index contributed by atoms with van der Waals surface area (Å²) in [6.07, 6.45) is 1.66. The van der Waals surface area contributed by atoms with Gasteiger partial charge < -0.3 is 9.72 Å². The number of aromatic nitrogens is 2. The van der Waals surface area contributed by atoms with E-state index in [1.165, 1.54) is 0 Å². The molecule has 3 nitrogen and oxygen atoms in total. The Kier molecular flexibility index (Phi) is 2.53. The number of nitrogens with zero attached hydrogens (tertiary/aromatic N) is 1. The van der Waals surface area contributed by atoms with E-state index in [0.717, 1.165) is 5.82 Å². The van der Waals surface area contributed by atoms with Gasteiger partial charge in [0.1, 0.15) is 17.1 Å². The zero-order valence-corrected chi connectivity index (χ0v) is 6.44. The first-order valence-electron chi connectivity index (χ1n) is 2.86. The van der Waals surface area contributed by atoms with Gasteiger partial charge in [0.05, 0.1) is 0 Å². The van der Waals surface area contributed by atoms with Gasteiger partial charge in [-0.25, -0.2) is 4.98 Å². The molecule has 0 aliphatic rings. The van der Waals surface area contributed by atoms with Crippen molar-refractivity contribution in [3.05, 3.63) is 22.7 Å². The predicted molar refractivity (Wildman–Crippen MR) is 40.1 cm³/mol. The van der Waals surface area contributed by atoms with E-state index in [4.69, 9.17) is 17.0 Å². The Hall–Kier alpha value is -0.740. The van der Waals surface area contributed by atoms with Crippen molar-refractivity contribution in [2.45, 2.75) is 6.61 Å².